The van der Waals surface area contributed by atoms with Crippen LogP contribution in [0.15, 0.2) is 43.0 Å². The van der Waals surface area contributed by atoms with Gasteiger partial charge in [-0.15, -0.1) is 0 Å². The summed E-state index contributed by atoms with van der Waals surface area (Å²) in [4.78, 5) is 26.3. The molecule has 224 valence electrons. The molecule has 3 atom stereocenters. The Morgan fingerprint density at radius 2 is 1.61 bits per heavy atom. The van der Waals surface area contributed by atoms with E-state index in [4.69, 9.17) is 17.7 Å². The van der Waals surface area contributed by atoms with Crippen LogP contribution in [0.3, 0.4) is 0 Å². The Morgan fingerprint density at radius 3 is 2.24 bits per heavy atom. The van der Waals surface area contributed by atoms with Crippen LogP contribution >= 0.6 is 0 Å². The minimum atomic E-state index is -2.71. The quantitative estimate of drug-likeness (QED) is 0.227. The van der Waals surface area contributed by atoms with Gasteiger partial charge >= 0.3 is 256 Å². The number of nitrogens with one attached hydrogen (secondary N) is 1. The first-order chi connectivity index (χ1) is 19.5. The second-order valence-corrected chi connectivity index (χ2v) is 23.8. The van der Waals surface area contributed by atoms with Gasteiger partial charge in [0.25, 0.3) is 0 Å². The van der Waals surface area contributed by atoms with Gasteiger partial charge in [0.2, 0.25) is 0 Å². The molecule has 10 nitrogen and oxygen atoms in total. The molecular formula is C28H41IN5O5Si2-. The maximum absolute atomic E-state index is 12.8. The normalized spacial score (nSPS) is 24.3. The van der Waals surface area contributed by atoms with Crippen molar-refractivity contribution in [2.24, 2.45) is 0 Å². The summed E-state index contributed by atoms with van der Waals surface area (Å²) in [5.74, 6) is 0.119. The van der Waals surface area contributed by atoms with Gasteiger partial charge in [-0.3, -0.25) is 0 Å². The zero-order chi connectivity index (χ0) is 29.5. The number of rotatable bonds is 7. The summed E-state index contributed by atoms with van der Waals surface area (Å²) < 4.78 is 29.8. The number of hydrogen-bond acceptors (Lipinski definition) is 8. The molecule has 1 amide bonds. The van der Waals surface area contributed by atoms with Crippen LogP contribution in [0.5, 0.6) is 0 Å². The molecule has 4 heterocycles. The second kappa shape index (κ2) is 12.1. The van der Waals surface area contributed by atoms with E-state index in [0.717, 1.165) is 0 Å². The number of amides is 1. The number of anilines is 1. The van der Waals surface area contributed by atoms with Crippen LogP contribution in [0, 0.1) is 0 Å². The van der Waals surface area contributed by atoms with E-state index in [1.807, 2.05) is 22.8 Å². The van der Waals surface area contributed by atoms with E-state index in [1.54, 1.807) is 18.5 Å². The fourth-order valence-corrected chi connectivity index (χ4v) is 21.2. The third-order valence-corrected chi connectivity index (χ3v) is 21.9. The van der Waals surface area contributed by atoms with Crippen LogP contribution in [0.1, 0.15) is 70.0 Å². The number of imidazole rings is 1. The predicted molar refractivity (Wildman–Crippen MR) is 157 cm³/mol. The third-order valence-electron chi connectivity index (χ3n) is 7.96. The van der Waals surface area contributed by atoms with Gasteiger partial charge < -0.3 is 0 Å². The summed E-state index contributed by atoms with van der Waals surface area (Å²) in [6, 6.07) is 9.04. The Labute approximate surface area is 254 Å². The first-order valence-corrected chi connectivity index (χ1v) is 20.7. The summed E-state index contributed by atoms with van der Waals surface area (Å²) in [6.45, 7) is 18.3. The number of ether oxygens (including phenoxy) is 1. The zero-order valence-corrected chi connectivity index (χ0v) is 29.2. The van der Waals surface area contributed by atoms with Crippen molar-refractivity contribution in [3.8, 4) is 0 Å². The number of carbonyl (C=O) groups excluding carboxylic acids is 1. The first-order valence-electron chi connectivity index (χ1n) is 14.3. The van der Waals surface area contributed by atoms with E-state index < -0.39 is 38.3 Å². The average molecular weight is 711 g/mol. The van der Waals surface area contributed by atoms with Crippen LogP contribution in [0.2, 0.25) is 22.2 Å². The predicted octanol–water partition coefficient (Wildman–Crippen LogP) is 2.94. The molecule has 2 unspecified atom stereocenters. The molecule has 0 radical (unpaired) electrons. The van der Waals surface area contributed by atoms with Crippen molar-refractivity contribution in [2.45, 2.75) is 92.0 Å². The molecule has 2 aliphatic heterocycles. The van der Waals surface area contributed by atoms with Gasteiger partial charge in [-0.25, -0.2) is 0 Å². The summed E-state index contributed by atoms with van der Waals surface area (Å²) in [6.07, 6.45) is 2.99. The van der Waals surface area contributed by atoms with Gasteiger partial charge in [0.1, 0.15) is 0 Å². The Hall–Kier alpha value is -1.76. The van der Waals surface area contributed by atoms with Gasteiger partial charge in [0, 0.05) is 0 Å². The van der Waals surface area contributed by atoms with Crippen LogP contribution in [0.25, 0.3) is 11.2 Å². The topological polar surface area (TPSA) is 110 Å². The molecule has 1 aromatic carbocycles. The molecule has 2 fully saturated rings. The monoisotopic (exact) mass is 710 g/mol. The van der Waals surface area contributed by atoms with Gasteiger partial charge in [-0.05, 0) is 0 Å². The standard InChI is InChI=1S/C28H41IN5O5Si2/c1-17(2)40(18(3)4)36-14-22-24(38-41(39-40,19(5)6)20(7)8)29-28(37-22)34-16-32-23-25(30-15-31-26(23)34)33-27(35)21-12-10-9-11-13-21/h9-13,15-20,22,24,28H,14H2,1-8H3,(H,30,31,33,35)/q-1/t22?,24-,28?/m0/s1. The fraction of sp³-hybridized carbons (Fsp3) is 0.571. The van der Waals surface area contributed by atoms with E-state index in [9.17, 15) is 4.79 Å². The van der Waals surface area contributed by atoms with Crippen molar-refractivity contribution < 1.29 is 43.7 Å². The molecule has 2 saturated heterocycles. The number of nitrogens with zero attached hydrogens (tertiary/aromatic N) is 4. The zero-order valence-electron chi connectivity index (χ0n) is 25.0. The van der Waals surface area contributed by atoms with Crippen molar-refractivity contribution in [1.29, 1.82) is 0 Å². The van der Waals surface area contributed by atoms with E-state index in [-0.39, 0.29) is 42.5 Å². The number of fused-ring (bicyclic) bond motifs is 2. The molecule has 1 N–H and O–H groups in total. The molecule has 5 rings (SSSR count). The van der Waals surface area contributed by atoms with Crippen LogP contribution in [-0.2, 0) is 17.7 Å². The van der Waals surface area contributed by atoms with E-state index >= 15 is 0 Å². The van der Waals surface area contributed by atoms with Crippen molar-refractivity contribution >= 4 is 40.0 Å². The van der Waals surface area contributed by atoms with Crippen LogP contribution < -0.4 is 26.5 Å². The molecule has 41 heavy (non-hydrogen) atoms. The summed E-state index contributed by atoms with van der Waals surface area (Å²) in [5, 5.41) is 2.89. The van der Waals surface area contributed by atoms with E-state index in [0.29, 0.717) is 29.2 Å². The number of carbonyl (C=O) groups is 1. The SMILES string of the molecule is CC(C)[Si]1(C(C)C)OCC2OC(n3cnc4c(NC(=O)c5ccccc5)ncnc43)[I-][C@H]2O[Si](C(C)C)(C(C)C)O1. The van der Waals surface area contributed by atoms with Crippen molar-refractivity contribution in [1.82, 2.24) is 19.5 Å². The average Bonchev–Trinajstić information content (AvgIpc) is 3.53. The van der Waals surface area contributed by atoms with Crippen molar-refractivity contribution in [3.05, 3.63) is 48.5 Å². The molecule has 13 heteroatoms. The van der Waals surface area contributed by atoms with Crippen molar-refractivity contribution in [3.63, 3.8) is 0 Å². The Bertz CT molecular complexity index is 1360. The van der Waals surface area contributed by atoms with Gasteiger partial charge in [-0.1, -0.05) is 0 Å². The Kier molecular flexibility index (Phi) is 9.05. The molecule has 0 spiro atoms. The number of alkyl halides is 2. The number of aromatic nitrogens is 4. The number of halogens is 1. The molecule has 0 saturated carbocycles. The van der Waals surface area contributed by atoms with Gasteiger partial charge in [0.15, 0.2) is 0 Å². The number of benzene rings is 1. The second-order valence-electron chi connectivity index (χ2n) is 11.9. The molecular weight excluding hydrogens is 669 g/mol. The van der Waals surface area contributed by atoms with Crippen LogP contribution in [-0.4, -0.2) is 59.4 Å². The summed E-state index contributed by atoms with van der Waals surface area (Å²) >= 11 is -0.659. The number of hydrogen-bond donors (Lipinski definition) is 1. The van der Waals surface area contributed by atoms with Gasteiger partial charge in [0.05, 0.1) is 0 Å². The Morgan fingerprint density at radius 1 is 0.951 bits per heavy atom. The molecule has 2 aliphatic rings. The maximum atomic E-state index is 12.8. The van der Waals surface area contributed by atoms with E-state index in [2.05, 4.69) is 75.7 Å². The van der Waals surface area contributed by atoms with Gasteiger partial charge in [-0.2, -0.15) is 0 Å². The van der Waals surface area contributed by atoms with E-state index in [1.165, 1.54) is 6.33 Å². The van der Waals surface area contributed by atoms with Crippen molar-refractivity contribution in [2.75, 3.05) is 11.9 Å². The first kappa shape index (κ1) is 30.7. The summed E-state index contributed by atoms with van der Waals surface area (Å²) in [7, 11) is -5.34. The minimum absolute atomic E-state index is 0.0712. The fourth-order valence-electron chi connectivity index (χ4n) is 5.73. The molecule has 3 aromatic rings. The van der Waals surface area contributed by atoms with Crippen LogP contribution in [0.4, 0.5) is 5.82 Å². The molecule has 0 bridgehead atoms. The third kappa shape index (κ3) is 5.66. The molecule has 2 aromatic heterocycles. The Balaban J connectivity index is 1.45. The summed E-state index contributed by atoms with van der Waals surface area (Å²) in [5.41, 5.74) is 2.75. The molecule has 0 aliphatic carbocycles.